The fourth-order valence-corrected chi connectivity index (χ4v) is 9.60. The van der Waals surface area contributed by atoms with Crippen molar-refractivity contribution < 1.29 is 9.59 Å². The van der Waals surface area contributed by atoms with Gasteiger partial charge in [0.05, 0.1) is 11.4 Å². The molecule has 12 nitrogen and oxygen atoms in total. The lowest BCUT2D eigenvalue weighted by molar-refractivity contribution is -0.118. The number of nitriles is 2. The van der Waals surface area contributed by atoms with Gasteiger partial charge >= 0.3 is 0 Å². The average Bonchev–Trinajstić information content (AvgIpc) is 3.59. The van der Waals surface area contributed by atoms with Crippen molar-refractivity contribution in [2.75, 3.05) is 23.7 Å². The molecule has 4 aliphatic heterocycles. The van der Waals surface area contributed by atoms with E-state index in [9.17, 15) is 20.1 Å². The minimum Gasteiger partial charge on any atom is -0.384 e. The van der Waals surface area contributed by atoms with Crippen LogP contribution in [0.4, 0.5) is 22.7 Å². The predicted molar refractivity (Wildman–Crippen MR) is 203 cm³/mol. The number of nitrogens with two attached hydrogens (primary N) is 2. The summed E-state index contributed by atoms with van der Waals surface area (Å²) in [6, 6.07) is 37.4. The maximum absolute atomic E-state index is 13.8. The molecule has 2 unspecified atom stereocenters. The van der Waals surface area contributed by atoms with Crippen molar-refractivity contribution in [3.8, 4) is 12.1 Å². The lowest BCUT2D eigenvalue weighted by atomic mass is 9.91. The first-order chi connectivity index (χ1) is 25.3. The molecule has 0 saturated carbocycles. The number of fused-ring (bicyclic) bond motifs is 4. The van der Waals surface area contributed by atoms with Gasteiger partial charge in [0.15, 0.2) is 19.8 Å². The molecule has 8 rings (SSSR count). The van der Waals surface area contributed by atoms with E-state index in [0.717, 1.165) is 23.5 Å². The van der Waals surface area contributed by atoms with Crippen LogP contribution in [-0.4, -0.2) is 45.0 Å². The number of nitrogens with zero attached hydrogens (tertiary/aromatic N) is 6. The molecule has 0 aliphatic carbocycles. The van der Waals surface area contributed by atoms with Crippen molar-refractivity contribution in [2.45, 2.75) is 9.49 Å². The van der Waals surface area contributed by atoms with Gasteiger partial charge in [-0.2, -0.15) is 10.5 Å². The van der Waals surface area contributed by atoms with Gasteiger partial charge in [-0.25, -0.2) is 9.98 Å². The minimum atomic E-state index is -1.47. The van der Waals surface area contributed by atoms with Gasteiger partial charge in [0.25, 0.3) is 11.8 Å². The lowest BCUT2D eigenvalue weighted by Crippen LogP contribution is -2.51. The largest absolute Gasteiger partial charge is 0.384 e. The Morgan fingerprint density at radius 2 is 0.962 bits per heavy atom. The number of thioether (sulfide) groups is 2. The Morgan fingerprint density at radius 3 is 1.35 bits per heavy atom. The van der Waals surface area contributed by atoms with Gasteiger partial charge in [-0.05, 0) is 36.4 Å². The normalized spacial score (nSPS) is 23.5. The Hall–Kier alpha value is -6.48. The zero-order valence-electron chi connectivity index (χ0n) is 27.3. The van der Waals surface area contributed by atoms with Gasteiger partial charge in [0.1, 0.15) is 34.9 Å². The highest BCUT2D eigenvalue weighted by Gasteiger charge is 2.58. The Balaban J connectivity index is 1.26. The zero-order chi connectivity index (χ0) is 36.0. The van der Waals surface area contributed by atoms with Crippen LogP contribution in [0.3, 0.4) is 0 Å². The fourth-order valence-electron chi connectivity index (χ4n) is 6.78. The van der Waals surface area contributed by atoms with Crippen LogP contribution in [0.1, 0.15) is 11.1 Å². The zero-order valence-corrected chi connectivity index (χ0v) is 28.9. The number of rotatable bonds is 5. The highest BCUT2D eigenvalue weighted by Crippen LogP contribution is 2.56. The molecule has 2 amide bonds. The van der Waals surface area contributed by atoms with Gasteiger partial charge in [0, 0.05) is 35.6 Å². The second kappa shape index (κ2) is 12.7. The number of carbonyl (C=O) groups excluding carboxylic acids is 2. The number of para-hydroxylation sites is 4. The van der Waals surface area contributed by atoms with Crippen LogP contribution in [0, 0.1) is 22.7 Å². The van der Waals surface area contributed by atoms with Crippen LogP contribution in [0.15, 0.2) is 142 Å². The summed E-state index contributed by atoms with van der Waals surface area (Å²) in [4.78, 5) is 40.9. The number of amidine groups is 2. The van der Waals surface area contributed by atoms with Crippen LogP contribution in [-0.2, 0) is 19.1 Å². The predicted octanol–water partition coefficient (Wildman–Crippen LogP) is 5.54. The third-order valence-electron chi connectivity index (χ3n) is 9.23. The van der Waals surface area contributed by atoms with E-state index in [4.69, 9.17) is 21.5 Å². The van der Waals surface area contributed by atoms with Crippen molar-refractivity contribution in [2.24, 2.45) is 21.5 Å². The summed E-state index contributed by atoms with van der Waals surface area (Å²) in [6.07, 6.45) is 0. The number of nitrogens with one attached hydrogen (secondary N) is 2. The number of aliphatic imine (C=N–C) groups is 2. The van der Waals surface area contributed by atoms with E-state index in [0.29, 0.717) is 44.2 Å². The first-order valence-corrected chi connectivity index (χ1v) is 17.8. The van der Waals surface area contributed by atoms with Crippen molar-refractivity contribution in [3.05, 3.63) is 143 Å². The number of hydrogen-bond donors (Lipinski definition) is 4. The van der Waals surface area contributed by atoms with Crippen molar-refractivity contribution in [3.63, 3.8) is 0 Å². The van der Waals surface area contributed by atoms with Gasteiger partial charge in [-0.1, -0.05) is 96.3 Å². The Morgan fingerprint density at radius 1 is 0.596 bits per heavy atom. The molecule has 2 atom stereocenters. The summed E-state index contributed by atoms with van der Waals surface area (Å²) in [7, 11) is 0. The summed E-state index contributed by atoms with van der Waals surface area (Å²) in [6.45, 7) is 0.219. The monoisotopic (exact) mass is 720 g/mol. The second-order valence-electron chi connectivity index (χ2n) is 12.1. The van der Waals surface area contributed by atoms with E-state index in [1.807, 2.05) is 84.9 Å². The van der Waals surface area contributed by atoms with E-state index < -0.39 is 21.3 Å². The minimum absolute atomic E-state index is 0.0534. The summed E-state index contributed by atoms with van der Waals surface area (Å²) in [5.74, 6) is -0.681. The van der Waals surface area contributed by atoms with Gasteiger partial charge in [0.2, 0.25) is 0 Å². The molecule has 4 aromatic carbocycles. The molecular weight excluding hydrogens is 693 g/mol. The third kappa shape index (κ3) is 4.92. The highest BCUT2D eigenvalue weighted by molar-refractivity contribution is 8.15. The van der Waals surface area contributed by atoms with E-state index in [2.05, 4.69) is 22.8 Å². The SMILES string of the molecule is N#CC1=C(N)N(CCN2C(=Nc3ccccc3)SC3(C(=O)Nc4ccccc43)C(C#N)=C2N)C(=Nc2ccccc2)SC12C(=O)Nc1ccccc12. The molecule has 254 valence electrons. The molecule has 0 bridgehead atoms. The second-order valence-corrected chi connectivity index (χ2v) is 14.4. The van der Waals surface area contributed by atoms with Crippen LogP contribution in [0.25, 0.3) is 0 Å². The third-order valence-corrected chi connectivity index (χ3v) is 12.0. The molecule has 4 aromatic rings. The smallest absolute Gasteiger partial charge is 0.251 e. The van der Waals surface area contributed by atoms with Gasteiger partial charge < -0.3 is 31.9 Å². The number of carbonyl (C=O) groups is 2. The number of benzene rings is 4. The van der Waals surface area contributed by atoms with E-state index in [-0.39, 0.29) is 35.9 Å². The summed E-state index contributed by atoms with van der Waals surface area (Å²) in [5, 5.41) is 27.8. The van der Waals surface area contributed by atoms with Crippen LogP contribution >= 0.6 is 23.5 Å². The molecule has 0 aromatic heterocycles. The first-order valence-electron chi connectivity index (χ1n) is 16.1. The summed E-state index contributed by atoms with van der Waals surface area (Å²) >= 11 is 2.27. The summed E-state index contributed by atoms with van der Waals surface area (Å²) < 4.78 is -2.94. The van der Waals surface area contributed by atoms with Crippen molar-refractivity contribution in [1.29, 1.82) is 10.5 Å². The maximum Gasteiger partial charge on any atom is 0.251 e. The molecule has 0 fully saturated rings. The maximum atomic E-state index is 13.8. The van der Waals surface area contributed by atoms with Gasteiger partial charge in [-0.3, -0.25) is 9.59 Å². The Bertz CT molecular complexity index is 2210. The molecule has 52 heavy (non-hydrogen) atoms. The molecular formula is C38H28N10O2S2. The Labute approximate surface area is 307 Å². The number of anilines is 2. The lowest BCUT2D eigenvalue weighted by Gasteiger charge is -2.41. The number of amides is 2. The highest BCUT2D eigenvalue weighted by atomic mass is 32.2. The molecule has 4 heterocycles. The standard InChI is InChI=1S/C38H28N10O2S2/c39-21-27-31(41)47(35(43-23-11-3-1-4-12-23)51-37(27)25-15-7-9-17-29(25)45-33(37)49)19-20-48-32(42)28(22-40)38(26-16-8-10-18-30(26)46-34(38)50)52-36(48)44-24-13-5-2-6-14-24/h1-18H,19-20,41-42H2,(H,45,49)(H,46,50). The molecule has 0 saturated heterocycles. The van der Waals surface area contributed by atoms with E-state index in [1.54, 1.807) is 34.1 Å². The molecule has 2 spiro atoms. The van der Waals surface area contributed by atoms with Crippen LogP contribution in [0.5, 0.6) is 0 Å². The van der Waals surface area contributed by atoms with Crippen molar-refractivity contribution in [1.82, 2.24) is 9.80 Å². The summed E-state index contributed by atoms with van der Waals surface area (Å²) in [5.41, 5.74) is 17.5. The molecule has 4 aliphatic rings. The molecule has 14 heteroatoms. The number of hydrogen-bond acceptors (Lipinski definition) is 10. The first kappa shape index (κ1) is 32.7. The average molecular weight is 721 g/mol. The Kier molecular flexibility index (Phi) is 7.98. The van der Waals surface area contributed by atoms with Crippen molar-refractivity contribution >= 4 is 68.4 Å². The topological polar surface area (TPSA) is 189 Å². The van der Waals surface area contributed by atoms with E-state index >= 15 is 0 Å². The van der Waals surface area contributed by atoms with E-state index in [1.165, 1.54) is 0 Å². The van der Waals surface area contributed by atoms with Crippen LogP contribution < -0.4 is 22.1 Å². The molecule has 0 radical (unpaired) electrons. The van der Waals surface area contributed by atoms with Gasteiger partial charge in [-0.15, -0.1) is 0 Å². The molecule has 6 N–H and O–H groups in total. The van der Waals surface area contributed by atoms with Crippen LogP contribution in [0.2, 0.25) is 0 Å². The quantitative estimate of drug-likeness (QED) is 0.204. The fraction of sp³-hybridized carbons (Fsp3) is 0.105.